The first-order valence-electron chi connectivity index (χ1n) is 7.51. The number of rotatable bonds is 4. The van der Waals surface area contributed by atoms with Crippen molar-refractivity contribution in [3.8, 4) is 0 Å². The van der Waals surface area contributed by atoms with E-state index in [-0.39, 0.29) is 0 Å². The number of nitrogens with one attached hydrogen (secondary N) is 1. The molecule has 0 radical (unpaired) electrons. The van der Waals surface area contributed by atoms with E-state index >= 15 is 0 Å². The molecule has 0 bridgehead atoms. The maximum absolute atomic E-state index is 12.5. The van der Waals surface area contributed by atoms with Gasteiger partial charge in [0.2, 0.25) is 0 Å². The number of carboxylic acid groups (broad SMARTS) is 1. The van der Waals surface area contributed by atoms with E-state index in [0.29, 0.717) is 36.3 Å². The average Bonchev–Trinajstić information content (AvgIpc) is 2.67. The lowest BCUT2D eigenvalue weighted by Crippen LogP contribution is -2.54. The molecule has 1 aliphatic rings. The van der Waals surface area contributed by atoms with Crippen LogP contribution in [0.4, 0.5) is 0 Å². The highest BCUT2D eigenvalue weighted by Crippen LogP contribution is 2.28. The molecule has 0 aliphatic heterocycles. The molecule has 1 fully saturated rings. The molecule has 2 N–H and O–H groups in total. The number of hydrogen-bond acceptors (Lipinski definition) is 4. The summed E-state index contributed by atoms with van der Waals surface area (Å²) in [6.45, 7) is 3.55. The van der Waals surface area contributed by atoms with Crippen molar-refractivity contribution in [2.45, 2.75) is 64.3 Å². The van der Waals surface area contributed by atoms with Crippen molar-refractivity contribution in [3.05, 3.63) is 17.0 Å². The molecule has 0 unspecified atom stereocenters. The van der Waals surface area contributed by atoms with Crippen molar-refractivity contribution in [2.75, 3.05) is 0 Å². The summed E-state index contributed by atoms with van der Waals surface area (Å²) in [6, 6.07) is 0. The maximum atomic E-state index is 12.5. The van der Waals surface area contributed by atoms with Crippen LogP contribution < -0.4 is 5.32 Å². The van der Waals surface area contributed by atoms with Crippen molar-refractivity contribution in [1.29, 1.82) is 0 Å². The number of aryl methyl sites for hydroxylation is 2. The Labute approximate surface area is 123 Å². The van der Waals surface area contributed by atoms with E-state index in [9.17, 15) is 14.7 Å². The average molecular weight is 294 g/mol. The molecule has 6 nitrogen and oxygen atoms in total. The fourth-order valence-electron chi connectivity index (χ4n) is 2.95. The molecule has 1 saturated carbocycles. The monoisotopic (exact) mass is 294 g/mol. The van der Waals surface area contributed by atoms with Gasteiger partial charge in [0.1, 0.15) is 16.9 Å². The lowest BCUT2D eigenvalue weighted by atomic mass is 9.89. The zero-order valence-electron chi connectivity index (χ0n) is 12.6. The van der Waals surface area contributed by atoms with Gasteiger partial charge in [-0.15, -0.1) is 0 Å². The van der Waals surface area contributed by atoms with Crippen LogP contribution in [0.3, 0.4) is 0 Å². The summed E-state index contributed by atoms with van der Waals surface area (Å²) in [7, 11) is 0. The van der Waals surface area contributed by atoms with Gasteiger partial charge in [-0.05, 0) is 26.2 Å². The molecule has 2 rings (SSSR count). The van der Waals surface area contributed by atoms with Crippen LogP contribution in [0.1, 0.15) is 67.3 Å². The highest BCUT2D eigenvalue weighted by atomic mass is 16.5. The molecule has 1 amide bonds. The number of carboxylic acids is 1. The van der Waals surface area contributed by atoms with Gasteiger partial charge in [-0.3, -0.25) is 4.79 Å². The second kappa shape index (κ2) is 6.28. The molecule has 0 spiro atoms. The van der Waals surface area contributed by atoms with Crippen molar-refractivity contribution in [1.82, 2.24) is 10.5 Å². The Hall–Kier alpha value is -1.85. The predicted molar refractivity (Wildman–Crippen MR) is 76.2 cm³/mol. The van der Waals surface area contributed by atoms with E-state index in [2.05, 4.69) is 10.5 Å². The van der Waals surface area contributed by atoms with Crippen LogP contribution in [-0.2, 0) is 11.2 Å². The minimum atomic E-state index is -1.16. The third-order valence-corrected chi connectivity index (χ3v) is 4.21. The standard InChI is InChI=1S/C15H22N2O4/c1-3-11-12(10(2)21-17-11)13(18)16-15(14(19)20)8-6-4-5-7-9-15/h3-9H2,1-2H3,(H,16,18)(H,19,20). The van der Waals surface area contributed by atoms with Crippen LogP contribution in [0, 0.1) is 6.92 Å². The topological polar surface area (TPSA) is 92.4 Å². The highest BCUT2D eigenvalue weighted by Gasteiger charge is 2.41. The third kappa shape index (κ3) is 3.09. The van der Waals surface area contributed by atoms with E-state index in [1.165, 1.54) is 0 Å². The second-order valence-corrected chi connectivity index (χ2v) is 5.67. The third-order valence-electron chi connectivity index (χ3n) is 4.21. The lowest BCUT2D eigenvalue weighted by molar-refractivity contribution is -0.145. The summed E-state index contributed by atoms with van der Waals surface area (Å²) in [5.41, 5.74) is -0.219. The summed E-state index contributed by atoms with van der Waals surface area (Å²) < 4.78 is 5.06. The van der Waals surface area contributed by atoms with E-state index < -0.39 is 17.4 Å². The maximum Gasteiger partial charge on any atom is 0.329 e. The van der Waals surface area contributed by atoms with Gasteiger partial charge in [-0.2, -0.15) is 0 Å². The van der Waals surface area contributed by atoms with E-state index in [0.717, 1.165) is 25.7 Å². The van der Waals surface area contributed by atoms with Crippen molar-refractivity contribution >= 4 is 11.9 Å². The molecule has 21 heavy (non-hydrogen) atoms. The van der Waals surface area contributed by atoms with Gasteiger partial charge >= 0.3 is 5.97 Å². The van der Waals surface area contributed by atoms with E-state index in [4.69, 9.17) is 4.52 Å². The Balaban J connectivity index is 2.26. The highest BCUT2D eigenvalue weighted by molar-refractivity contribution is 5.99. The Morgan fingerprint density at radius 1 is 1.29 bits per heavy atom. The number of carbonyl (C=O) groups excluding carboxylic acids is 1. The van der Waals surface area contributed by atoms with Crippen LogP contribution in [0.15, 0.2) is 4.52 Å². The molecule has 0 saturated heterocycles. The van der Waals surface area contributed by atoms with Crippen LogP contribution >= 0.6 is 0 Å². The molecule has 1 aromatic rings. The van der Waals surface area contributed by atoms with Gasteiger partial charge in [0, 0.05) is 0 Å². The minimum absolute atomic E-state index is 0.377. The first-order chi connectivity index (χ1) is 10.00. The molecule has 0 aromatic carbocycles. The summed E-state index contributed by atoms with van der Waals surface area (Å²) in [4.78, 5) is 24.2. The second-order valence-electron chi connectivity index (χ2n) is 5.67. The van der Waals surface area contributed by atoms with Crippen LogP contribution in [0.2, 0.25) is 0 Å². The first-order valence-corrected chi connectivity index (χ1v) is 7.51. The fourth-order valence-corrected chi connectivity index (χ4v) is 2.95. The van der Waals surface area contributed by atoms with Gasteiger partial charge in [0.25, 0.3) is 5.91 Å². The van der Waals surface area contributed by atoms with Gasteiger partial charge in [-0.1, -0.05) is 37.8 Å². The summed E-state index contributed by atoms with van der Waals surface area (Å²) in [6.07, 6.45) is 5.17. The number of nitrogens with zero attached hydrogens (tertiary/aromatic N) is 1. The van der Waals surface area contributed by atoms with Gasteiger partial charge in [0.15, 0.2) is 0 Å². The Morgan fingerprint density at radius 2 is 1.90 bits per heavy atom. The van der Waals surface area contributed by atoms with Crippen LogP contribution in [-0.4, -0.2) is 27.7 Å². The Bertz CT molecular complexity index is 528. The van der Waals surface area contributed by atoms with E-state index in [1.807, 2.05) is 6.92 Å². The van der Waals surface area contributed by atoms with Crippen molar-refractivity contribution in [3.63, 3.8) is 0 Å². The predicted octanol–water partition coefficient (Wildman–Crippen LogP) is 2.45. The quantitative estimate of drug-likeness (QED) is 0.832. The SMILES string of the molecule is CCc1noc(C)c1C(=O)NC1(C(=O)O)CCCCCC1. The minimum Gasteiger partial charge on any atom is -0.480 e. The van der Waals surface area contributed by atoms with Crippen molar-refractivity contribution in [2.24, 2.45) is 0 Å². The number of carbonyl (C=O) groups is 2. The molecule has 116 valence electrons. The van der Waals surface area contributed by atoms with Gasteiger partial charge < -0.3 is 14.9 Å². The number of aromatic nitrogens is 1. The number of hydrogen-bond donors (Lipinski definition) is 2. The largest absolute Gasteiger partial charge is 0.480 e. The number of amides is 1. The lowest BCUT2D eigenvalue weighted by Gasteiger charge is -2.29. The molecular weight excluding hydrogens is 272 g/mol. The molecule has 6 heteroatoms. The molecule has 0 atom stereocenters. The van der Waals surface area contributed by atoms with Crippen molar-refractivity contribution < 1.29 is 19.2 Å². The molecule has 1 aliphatic carbocycles. The van der Waals surface area contributed by atoms with Crippen LogP contribution in [0.5, 0.6) is 0 Å². The summed E-state index contributed by atoms with van der Waals surface area (Å²) >= 11 is 0. The van der Waals surface area contributed by atoms with E-state index in [1.54, 1.807) is 6.92 Å². The zero-order valence-corrected chi connectivity index (χ0v) is 12.6. The summed E-state index contributed by atoms with van der Waals surface area (Å²) in [5, 5.41) is 16.2. The molecule has 1 aromatic heterocycles. The normalized spacial score (nSPS) is 18.0. The fraction of sp³-hybridized carbons (Fsp3) is 0.667. The Morgan fingerprint density at radius 3 is 2.43 bits per heavy atom. The van der Waals surface area contributed by atoms with Gasteiger partial charge in [0.05, 0.1) is 5.69 Å². The van der Waals surface area contributed by atoms with Crippen LogP contribution in [0.25, 0.3) is 0 Å². The number of aliphatic carboxylic acids is 1. The Kier molecular flexibility index (Phi) is 4.65. The molecule has 1 heterocycles. The smallest absolute Gasteiger partial charge is 0.329 e. The zero-order chi connectivity index (χ0) is 15.5. The van der Waals surface area contributed by atoms with Gasteiger partial charge in [-0.25, -0.2) is 4.79 Å². The first kappa shape index (κ1) is 15.5. The molecular formula is C15H22N2O4. The summed E-state index contributed by atoms with van der Waals surface area (Å²) in [5.74, 6) is -0.918.